The van der Waals surface area contributed by atoms with Gasteiger partial charge in [-0.3, -0.25) is 0 Å². The minimum Gasteiger partial charge on any atom is -0.373 e. The summed E-state index contributed by atoms with van der Waals surface area (Å²) in [5.41, 5.74) is 0. The van der Waals surface area contributed by atoms with E-state index in [1.54, 1.807) is 0 Å². The van der Waals surface area contributed by atoms with Gasteiger partial charge in [0, 0.05) is 25.6 Å². The molecule has 0 bridgehead atoms. The van der Waals surface area contributed by atoms with Crippen LogP contribution in [0.5, 0.6) is 0 Å². The molecule has 0 aromatic carbocycles. The van der Waals surface area contributed by atoms with Gasteiger partial charge in [0.1, 0.15) is 17.5 Å². The van der Waals surface area contributed by atoms with Crippen molar-refractivity contribution >= 4 is 11.6 Å². The lowest BCUT2D eigenvalue weighted by Gasteiger charge is -2.08. The van der Waals surface area contributed by atoms with Gasteiger partial charge in [-0.25, -0.2) is 9.97 Å². The highest BCUT2D eigenvalue weighted by Gasteiger charge is 2.27. The average molecular weight is 220 g/mol. The number of hydrogen-bond acceptors (Lipinski definition) is 4. The first-order chi connectivity index (χ1) is 7.83. The molecule has 88 valence electrons. The number of nitrogens with one attached hydrogen (secondary N) is 2. The Morgan fingerprint density at radius 2 is 2.06 bits per heavy atom. The number of anilines is 2. The SMILES string of the molecule is CCCCNc1cc(NC)nc(C2CC2)n1. The van der Waals surface area contributed by atoms with E-state index in [9.17, 15) is 0 Å². The van der Waals surface area contributed by atoms with E-state index in [-0.39, 0.29) is 0 Å². The van der Waals surface area contributed by atoms with Crippen molar-refractivity contribution in [3.05, 3.63) is 11.9 Å². The van der Waals surface area contributed by atoms with Crippen LogP contribution in [0.15, 0.2) is 6.07 Å². The van der Waals surface area contributed by atoms with E-state index in [4.69, 9.17) is 0 Å². The molecule has 1 fully saturated rings. The lowest BCUT2D eigenvalue weighted by molar-refractivity contribution is 0.826. The monoisotopic (exact) mass is 220 g/mol. The van der Waals surface area contributed by atoms with Crippen LogP contribution in [0.4, 0.5) is 11.6 Å². The van der Waals surface area contributed by atoms with E-state index in [0.717, 1.165) is 24.0 Å². The van der Waals surface area contributed by atoms with Crippen molar-refractivity contribution in [3.63, 3.8) is 0 Å². The number of hydrogen-bond donors (Lipinski definition) is 2. The van der Waals surface area contributed by atoms with Crippen LogP contribution < -0.4 is 10.6 Å². The van der Waals surface area contributed by atoms with E-state index in [0.29, 0.717) is 5.92 Å². The topological polar surface area (TPSA) is 49.8 Å². The fraction of sp³-hybridized carbons (Fsp3) is 0.667. The molecule has 1 aliphatic carbocycles. The maximum atomic E-state index is 4.55. The van der Waals surface area contributed by atoms with E-state index in [1.165, 1.54) is 25.7 Å². The maximum Gasteiger partial charge on any atom is 0.136 e. The third-order valence-corrected chi connectivity index (χ3v) is 2.78. The third-order valence-electron chi connectivity index (χ3n) is 2.78. The minimum absolute atomic E-state index is 0.597. The van der Waals surface area contributed by atoms with Crippen molar-refractivity contribution in [2.75, 3.05) is 24.2 Å². The standard InChI is InChI=1S/C12H20N4/c1-3-4-7-14-11-8-10(13-2)15-12(16-11)9-5-6-9/h8-9H,3-7H2,1-2H3,(H2,13,14,15,16). The van der Waals surface area contributed by atoms with Crippen molar-refractivity contribution < 1.29 is 0 Å². The van der Waals surface area contributed by atoms with Gasteiger partial charge in [0.05, 0.1) is 0 Å². The van der Waals surface area contributed by atoms with Crippen LogP contribution in [0, 0.1) is 0 Å². The van der Waals surface area contributed by atoms with Crippen molar-refractivity contribution in [1.82, 2.24) is 9.97 Å². The summed E-state index contributed by atoms with van der Waals surface area (Å²) in [6, 6.07) is 1.97. The van der Waals surface area contributed by atoms with Crippen molar-refractivity contribution in [2.24, 2.45) is 0 Å². The van der Waals surface area contributed by atoms with E-state index in [2.05, 4.69) is 27.5 Å². The second-order valence-electron chi connectivity index (χ2n) is 4.30. The quantitative estimate of drug-likeness (QED) is 0.723. The van der Waals surface area contributed by atoms with E-state index < -0.39 is 0 Å². The normalized spacial score (nSPS) is 14.9. The predicted octanol–water partition coefficient (Wildman–Crippen LogP) is 2.61. The van der Waals surface area contributed by atoms with Crippen LogP contribution in [-0.4, -0.2) is 23.6 Å². The Labute approximate surface area is 96.9 Å². The van der Waals surface area contributed by atoms with Crippen molar-refractivity contribution in [3.8, 4) is 0 Å². The summed E-state index contributed by atoms with van der Waals surface area (Å²) < 4.78 is 0. The Morgan fingerprint density at radius 3 is 2.69 bits per heavy atom. The predicted molar refractivity (Wildman–Crippen MR) is 67.0 cm³/mol. The molecule has 2 N–H and O–H groups in total. The molecule has 1 aliphatic rings. The molecule has 0 radical (unpaired) electrons. The Bertz CT molecular complexity index is 347. The van der Waals surface area contributed by atoms with Gasteiger partial charge < -0.3 is 10.6 Å². The molecule has 0 atom stereocenters. The first kappa shape index (κ1) is 11.2. The highest BCUT2D eigenvalue weighted by Crippen LogP contribution is 2.38. The molecule has 1 heterocycles. The zero-order valence-corrected chi connectivity index (χ0v) is 10.1. The Kier molecular flexibility index (Phi) is 3.59. The average Bonchev–Trinajstić information content (AvgIpc) is 3.13. The van der Waals surface area contributed by atoms with Crippen molar-refractivity contribution in [2.45, 2.75) is 38.5 Å². The first-order valence-electron chi connectivity index (χ1n) is 6.14. The number of nitrogens with zero attached hydrogens (tertiary/aromatic N) is 2. The first-order valence-corrected chi connectivity index (χ1v) is 6.14. The maximum absolute atomic E-state index is 4.55. The lowest BCUT2D eigenvalue weighted by Crippen LogP contribution is -2.07. The summed E-state index contributed by atoms with van der Waals surface area (Å²) in [4.78, 5) is 9.03. The smallest absolute Gasteiger partial charge is 0.136 e. The van der Waals surface area contributed by atoms with Crippen LogP contribution >= 0.6 is 0 Å². The van der Waals surface area contributed by atoms with E-state index >= 15 is 0 Å². The minimum atomic E-state index is 0.597. The largest absolute Gasteiger partial charge is 0.373 e. The summed E-state index contributed by atoms with van der Waals surface area (Å²) in [6.45, 7) is 3.18. The van der Waals surface area contributed by atoms with Gasteiger partial charge in [0.15, 0.2) is 0 Å². The van der Waals surface area contributed by atoms with Gasteiger partial charge in [-0.05, 0) is 19.3 Å². The molecular weight excluding hydrogens is 200 g/mol. The zero-order chi connectivity index (χ0) is 11.4. The van der Waals surface area contributed by atoms with Gasteiger partial charge in [0.25, 0.3) is 0 Å². The molecule has 0 spiro atoms. The molecule has 1 aromatic rings. The fourth-order valence-electron chi connectivity index (χ4n) is 1.60. The summed E-state index contributed by atoms with van der Waals surface area (Å²) in [5, 5.41) is 6.44. The Morgan fingerprint density at radius 1 is 1.31 bits per heavy atom. The second-order valence-corrected chi connectivity index (χ2v) is 4.30. The highest BCUT2D eigenvalue weighted by atomic mass is 15.1. The molecule has 1 aromatic heterocycles. The van der Waals surface area contributed by atoms with Crippen LogP contribution in [0.25, 0.3) is 0 Å². The number of aromatic nitrogens is 2. The second kappa shape index (κ2) is 5.14. The van der Waals surface area contributed by atoms with Crippen LogP contribution in [0.3, 0.4) is 0 Å². The molecule has 4 nitrogen and oxygen atoms in total. The molecule has 2 rings (SSSR count). The van der Waals surface area contributed by atoms with Gasteiger partial charge in [-0.1, -0.05) is 13.3 Å². The molecule has 0 saturated heterocycles. The zero-order valence-electron chi connectivity index (χ0n) is 10.1. The molecule has 4 heteroatoms. The van der Waals surface area contributed by atoms with Gasteiger partial charge in [-0.15, -0.1) is 0 Å². The Balaban J connectivity index is 2.06. The fourth-order valence-corrected chi connectivity index (χ4v) is 1.60. The van der Waals surface area contributed by atoms with Crippen molar-refractivity contribution in [1.29, 1.82) is 0 Å². The molecule has 16 heavy (non-hydrogen) atoms. The summed E-state index contributed by atoms with van der Waals surface area (Å²) in [6.07, 6.45) is 4.85. The lowest BCUT2D eigenvalue weighted by atomic mass is 10.3. The van der Waals surface area contributed by atoms with Gasteiger partial charge in [-0.2, -0.15) is 0 Å². The van der Waals surface area contributed by atoms with Gasteiger partial charge in [0.2, 0.25) is 0 Å². The van der Waals surface area contributed by atoms with E-state index in [1.807, 2.05) is 13.1 Å². The van der Waals surface area contributed by atoms with Gasteiger partial charge >= 0.3 is 0 Å². The molecule has 1 saturated carbocycles. The summed E-state index contributed by atoms with van der Waals surface area (Å²) >= 11 is 0. The number of unbranched alkanes of at least 4 members (excludes halogenated alkanes) is 1. The van der Waals surface area contributed by atoms with Crippen LogP contribution in [0.1, 0.15) is 44.3 Å². The Hall–Kier alpha value is -1.32. The summed E-state index contributed by atoms with van der Waals surface area (Å²) in [5.74, 6) is 3.46. The molecular formula is C12H20N4. The van der Waals surface area contributed by atoms with Crippen LogP contribution in [-0.2, 0) is 0 Å². The molecule has 0 aliphatic heterocycles. The summed E-state index contributed by atoms with van der Waals surface area (Å²) in [7, 11) is 1.90. The van der Waals surface area contributed by atoms with Crippen LogP contribution in [0.2, 0.25) is 0 Å². The highest BCUT2D eigenvalue weighted by molar-refractivity contribution is 5.47. The third kappa shape index (κ3) is 2.84. The molecule has 0 amide bonds. The molecule has 0 unspecified atom stereocenters. The number of rotatable bonds is 6.